The Bertz CT molecular complexity index is 610. The van der Waals surface area contributed by atoms with E-state index in [0.29, 0.717) is 24.3 Å². The molecule has 0 amide bonds. The molecule has 1 aromatic rings. The monoisotopic (exact) mass is 328 g/mol. The fourth-order valence-corrected chi connectivity index (χ4v) is 4.00. The van der Waals surface area contributed by atoms with Gasteiger partial charge in [-0.3, -0.25) is 0 Å². The Hall–Kier alpha value is -1.02. The number of thiocarbonyl (C=S) groups is 1. The molecule has 0 radical (unpaired) electrons. The van der Waals surface area contributed by atoms with E-state index in [2.05, 4.69) is 0 Å². The summed E-state index contributed by atoms with van der Waals surface area (Å²) in [4.78, 5) is 0.270. The smallest absolute Gasteiger partial charge is 0.218 e. The summed E-state index contributed by atoms with van der Waals surface area (Å²) in [5.74, 6) is -0.0443. The minimum Gasteiger partial charge on any atom is -0.389 e. The van der Waals surface area contributed by atoms with Crippen molar-refractivity contribution in [1.82, 2.24) is 4.31 Å². The minimum atomic E-state index is -3.36. The van der Waals surface area contributed by atoms with Gasteiger partial charge in [-0.15, -0.1) is 0 Å². The average Bonchev–Trinajstić information content (AvgIpc) is 2.47. The number of nitrogens with zero attached hydrogens (tertiary/aromatic N) is 1. The van der Waals surface area contributed by atoms with Crippen LogP contribution in [-0.4, -0.2) is 44.0 Å². The molecule has 0 unspecified atom stereocenters. The summed E-state index contributed by atoms with van der Waals surface area (Å²) >= 11 is 4.92. The molecule has 2 rings (SSSR count). The van der Waals surface area contributed by atoms with Gasteiger partial charge < -0.3 is 10.5 Å². The van der Waals surface area contributed by atoms with Crippen LogP contribution in [0.3, 0.4) is 0 Å². The molecule has 1 aromatic carbocycles. The molecular formula is C14H20N2O3S2. The Morgan fingerprint density at radius 1 is 1.43 bits per heavy atom. The summed E-state index contributed by atoms with van der Waals surface area (Å²) in [6, 6.07) is 7.08. The first-order valence-corrected chi connectivity index (χ1v) is 8.84. The Morgan fingerprint density at radius 3 is 2.71 bits per heavy atom. The first kappa shape index (κ1) is 16.4. The van der Waals surface area contributed by atoms with Crippen molar-refractivity contribution in [1.29, 1.82) is 0 Å². The zero-order valence-electron chi connectivity index (χ0n) is 12.0. The van der Waals surface area contributed by atoms with Gasteiger partial charge in [0.2, 0.25) is 10.0 Å². The molecule has 1 aliphatic rings. The van der Waals surface area contributed by atoms with Gasteiger partial charge in [0, 0.05) is 31.9 Å². The van der Waals surface area contributed by atoms with Crippen molar-refractivity contribution in [3.05, 3.63) is 35.4 Å². The molecule has 1 fully saturated rings. The number of hydrogen-bond donors (Lipinski definition) is 1. The third kappa shape index (κ3) is 4.23. The zero-order valence-corrected chi connectivity index (χ0v) is 13.6. The summed E-state index contributed by atoms with van der Waals surface area (Å²) < 4.78 is 31.8. The standard InChI is InChI=1S/C14H20N2O3S2/c1-16(13-5-7-19-8-6-13)21(17,18)10-11-3-2-4-12(9-11)14(15)20/h2-4,9,13H,5-8,10H2,1H3,(H2,15,20). The van der Waals surface area contributed by atoms with Gasteiger partial charge in [0.1, 0.15) is 4.99 Å². The number of sulfonamides is 1. The molecule has 0 aromatic heterocycles. The van der Waals surface area contributed by atoms with E-state index in [1.165, 1.54) is 4.31 Å². The van der Waals surface area contributed by atoms with E-state index in [4.69, 9.17) is 22.7 Å². The lowest BCUT2D eigenvalue weighted by atomic mass is 10.1. The van der Waals surface area contributed by atoms with Gasteiger partial charge in [0.15, 0.2) is 0 Å². The van der Waals surface area contributed by atoms with Gasteiger partial charge in [-0.1, -0.05) is 30.4 Å². The van der Waals surface area contributed by atoms with Crippen LogP contribution in [0.4, 0.5) is 0 Å². The first-order valence-electron chi connectivity index (χ1n) is 6.82. The Labute approximate surface area is 131 Å². The van der Waals surface area contributed by atoms with Gasteiger partial charge >= 0.3 is 0 Å². The van der Waals surface area contributed by atoms with Gasteiger partial charge in [0.25, 0.3) is 0 Å². The van der Waals surface area contributed by atoms with Gasteiger partial charge in [-0.2, -0.15) is 0 Å². The summed E-state index contributed by atoms with van der Waals surface area (Å²) in [7, 11) is -1.72. The van der Waals surface area contributed by atoms with Crippen molar-refractivity contribution in [3.8, 4) is 0 Å². The van der Waals surface area contributed by atoms with Crippen molar-refractivity contribution in [2.24, 2.45) is 5.73 Å². The van der Waals surface area contributed by atoms with Crippen molar-refractivity contribution in [2.75, 3.05) is 20.3 Å². The lowest BCUT2D eigenvalue weighted by Crippen LogP contribution is -2.41. The lowest BCUT2D eigenvalue weighted by molar-refractivity contribution is 0.0632. The number of ether oxygens (including phenoxy) is 1. The molecule has 116 valence electrons. The highest BCUT2D eigenvalue weighted by Crippen LogP contribution is 2.19. The summed E-state index contributed by atoms with van der Waals surface area (Å²) in [6.45, 7) is 1.23. The van der Waals surface area contributed by atoms with E-state index < -0.39 is 10.0 Å². The van der Waals surface area contributed by atoms with Crippen LogP contribution in [-0.2, 0) is 20.5 Å². The Kier molecular flexibility index (Phi) is 5.32. The Morgan fingerprint density at radius 2 is 2.10 bits per heavy atom. The topological polar surface area (TPSA) is 72.6 Å². The molecule has 0 spiro atoms. The largest absolute Gasteiger partial charge is 0.389 e. The molecule has 0 bridgehead atoms. The van der Waals surface area contributed by atoms with Crippen molar-refractivity contribution < 1.29 is 13.2 Å². The number of rotatable bonds is 5. The van der Waals surface area contributed by atoms with Gasteiger partial charge in [-0.25, -0.2) is 12.7 Å². The fraction of sp³-hybridized carbons (Fsp3) is 0.500. The van der Waals surface area contributed by atoms with Crippen LogP contribution in [0.25, 0.3) is 0 Å². The van der Waals surface area contributed by atoms with E-state index >= 15 is 0 Å². The lowest BCUT2D eigenvalue weighted by Gasteiger charge is -2.30. The van der Waals surface area contributed by atoms with Crippen molar-refractivity contribution in [2.45, 2.75) is 24.6 Å². The second-order valence-electron chi connectivity index (χ2n) is 5.18. The summed E-state index contributed by atoms with van der Waals surface area (Å²) in [5, 5.41) is 0. The molecule has 0 atom stereocenters. The number of nitrogens with two attached hydrogens (primary N) is 1. The third-order valence-electron chi connectivity index (χ3n) is 3.70. The Balaban J connectivity index is 2.12. The quantitative estimate of drug-likeness (QED) is 0.824. The highest BCUT2D eigenvalue weighted by atomic mass is 32.2. The summed E-state index contributed by atoms with van der Waals surface area (Å²) in [6.07, 6.45) is 1.48. The van der Waals surface area contributed by atoms with Crippen LogP contribution >= 0.6 is 12.2 Å². The molecule has 21 heavy (non-hydrogen) atoms. The first-order chi connectivity index (χ1) is 9.90. The number of benzene rings is 1. The van der Waals surface area contributed by atoms with Gasteiger partial charge in [0.05, 0.1) is 5.75 Å². The molecule has 1 aliphatic heterocycles. The van der Waals surface area contributed by atoms with Crippen LogP contribution in [0.1, 0.15) is 24.0 Å². The second kappa shape index (κ2) is 6.83. The molecule has 5 nitrogen and oxygen atoms in total. The van der Waals surface area contributed by atoms with Crippen LogP contribution < -0.4 is 5.73 Å². The fourth-order valence-electron chi connectivity index (χ4n) is 2.40. The van der Waals surface area contributed by atoms with E-state index in [1.807, 2.05) is 0 Å². The maximum absolute atomic E-state index is 12.5. The molecule has 0 aliphatic carbocycles. The molecule has 2 N–H and O–H groups in total. The second-order valence-corrected chi connectivity index (χ2v) is 7.65. The van der Waals surface area contributed by atoms with Crippen LogP contribution in [0.15, 0.2) is 24.3 Å². The molecule has 7 heteroatoms. The maximum Gasteiger partial charge on any atom is 0.218 e. The molecule has 1 heterocycles. The maximum atomic E-state index is 12.5. The highest BCUT2D eigenvalue weighted by molar-refractivity contribution is 7.88. The minimum absolute atomic E-state index is 0.0162. The van der Waals surface area contributed by atoms with E-state index in [1.54, 1.807) is 31.3 Å². The predicted octanol–water partition coefficient (Wildman–Crippen LogP) is 1.26. The van der Waals surface area contributed by atoms with E-state index in [0.717, 1.165) is 12.8 Å². The van der Waals surface area contributed by atoms with Crippen molar-refractivity contribution in [3.63, 3.8) is 0 Å². The van der Waals surface area contributed by atoms with E-state index in [-0.39, 0.29) is 16.8 Å². The van der Waals surface area contributed by atoms with Crippen LogP contribution in [0, 0.1) is 0 Å². The number of hydrogen-bond acceptors (Lipinski definition) is 4. The van der Waals surface area contributed by atoms with Crippen molar-refractivity contribution >= 4 is 27.2 Å². The third-order valence-corrected chi connectivity index (χ3v) is 5.81. The normalized spacial score (nSPS) is 17.0. The highest BCUT2D eigenvalue weighted by Gasteiger charge is 2.28. The van der Waals surface area contributed by atoms with Crippen LogP contribution in [0.5, 0.6) is 0 Å². The molecule has 1 saturated heterocycles. The SMILES string of the molecule is CN(C1CCOCC1)S(=O)(=O)Cc1cccc(C(N)=S)c1. The molecule has 0 saturated carbocycles. The van der Waals surface area contributed by atoms with Gasteiger partial charge in [-0.05, 0) is 24.5 Å². The average molecular weight is 328 g/mol. The zero-order chi connectivity index (χ0) is 15.5. The molecular weight excluding hydrogens is 308 g/mol. The predicted molar refractivity (Wildman–Crippen MR) is 86.6 cm³/mol. The van der Waals surface area contributed by atoms with E-state index in [9.17, 15) is 8.42 Å². The van der Waals surface area contributed by atoms with Crippen LogP contribution in [0.2, 0.25) is 0 Å². The summed E-state index contributed by atoms with van der Waals surface area (Å²) in [5.41, 5.74) is 6.96.